The van der Waals surface area contributed by atoms with Crippen LogP contribution in [0.15, 0.2) is 41.1 Å². The summed E-state index contributed by atoms with van der Waals surface area (Å²) in [4.78, 5) is 33.9. The monoisotopic (exact) mass is 372 g/mol. The van der Waals surface area contributed by atoms with Crippen molar-refractivity contribution in [2.45, 2.75) is 26.4 Å². The number of nitrogens with one attached hydrogen (secondary N) is 2. The van der Waals surface area contributed by atoms with Gasteiger partial charge in [0.15, 0.2) is 0 Å². The lowest BCUT2D eigenvalue weighted by Crippen LogP contribution is -2.33. The van der Waals surface area contributed by atoms with Crippen molar-refractivity contribution in [1.29, 1.82) is 0 Å². The topological polar surface area (TPSA) is 121 Å². The number of aromatic nitrogens is 1. The number of carbonyl (C=O) groups is 1. The summed E-state index contributed by atoms with van der Waals surface area (Å²) in [5.74, 6) is -1.15. The number of nitrogens with zero attached hydrogens (tertiary/aromatic N) is 1. The van der Waals surface area contributed by atoms with Gasteiger partial charge >= 0.3 is 5.97 Å². The van der Waals surface area contributed by atoms with E-state index in [4.69, 9.17) is 15.7 Å². The molecule has 2 heterocycles. The molecule has 0 saturated carbocycles. The number of hydrogen-bond donors (Lipinski definition) is 4. The quantitative estimate of drug-likeness (QED) is 0.590. The maximum atomic E-state index is 12.3. The molecule has 1 aliphatic heterocycles. The van der Waals surface area contributed by atoms with Gasteiger partial charge < -0.3 is 20.7 Å². The first kappa shape index (κ1) is 18.9. The maximum absolute atomic E-state index is 12.3. The second kappa shape index (κ2) is 7.05. The van der Waals surface area contributed by atoms with Crippen molar-refractivity contribution >= 4 is 22.6 Å². The smallest absolute Gasteiger partial charge is 0.341 e. The van der Waals surface area contributed by atoms with Crippen LogP contribution in [0.4, 0.5) is 5.69 Å². The summed E-state index contributed by atoms with van der Waals surface area (Å²) >= 11 is 0. The normalized spacial score (nSPS) is 17.3. The van der Waals surface area contributed by atoms with E-state index in [0.29, 0.717) is 24.0 Å². The SMILES string of the molecule is CC(C)(C)ONC1=CN(c2ccc3c(=O)c(C(=O)O)c[nH]c3c2)CC1CN. The number of aromatic amines is 1. The number of H-pyrrole nitrogens is 1. The highest BCUT2D eigenvalue weighted by atomic mass is 16.7. The molecule has 8 nitrogen and oxygen atoms in total. The van der Waals surface area contributed by atoms with Gasteiger partial charge in [0, 0.05) is 42.5 Å². The molecular formula is C19H24N4O4. The van der Waals surface area contributed by atoms with Crippen LogP contribution in [0.1, 0.15) is 31.1 Å². The average Bonchev–Trinajstić information content (AvgIpc) is 3.02. The lowest BCUT2D eigenvalue weighted by Gasteiger charge is -2.22. The fraction of sp³-hybridized carbons (Fsp3) is 0.368. The lowest BCUT2D eigenvalue weighted by molar-refractivity contribution is -0.0607. The Hall–Kier alpha value is -2.84. The number of anilines is 1. The van der Waals surface area contributed by atoms with Gasteiger partial charge in [-0.15, -0.1) is 0 Å². The molecule has 1 unspecified atom stereocenters. The van der Waals surface area contributed by atoms with Crippen molar-refractivity contribution in [1.82, 2.24) is 10.5 Å². The van der Waals surface area contributed by atoms with Crippen molar-refractivity contribution < 1.29 is 14.7 Å². The third-order valence-electron chi connectivity index (χ3n) is 4.34. The Morgan fingerprint density at radius 3 is 2.81 bits per heavy atom. The Morgan fingerprint density at radius 1 is 1.44 bits per heavy atom. The van der Waals surface area contributed by atoms with E-state index in [-0.39, 0.29) is 17.1 Å². The van der Waals surface area contributed by atoms with Gasteiger partial charge in [-0.25, -0.2) is 4.79 Å². The minimum Gasteiger partial charge on any atom is -0.477 e. The van der Waals surface area contributed by atoms with Gasteiger partial charge in [0.1, 0.15) is 5.56 Å². The highest BCUT2D eigenvalue weighted by molar-refractivity contribution is 5.93. The maximum Gasteiger partial charge on any atom is 0.341 e. The number of fused-ring (bicyclic) bond motifs is 1. The van der Waals surface area contributed by atoms with E-state index >= 15 is 0 Å². The molecule has 0 fully saturated rings. The van der Waals surface area contributed by atoms with Crippen LogP contribution in [0.2, 0.25) is 0 Å². The van der Waals surface area contributed by atoms with Crippen LogP contribution in [0.3, 0.4) is 0 Å². The number of hydrogen-bond acceptors (Lipinski definition) is 6. The minimum atomic E-state index is -1.25. The molecule has 1 atom stereocenters. The Bertz CT molecular complexity index is 958. The van der Waals surface area contributed by atoms with E-state index < -0.39 is 11.4 Å². The molecule has 0 saturated heterocycles. The first-order valence-corrected chi connectivity index (χ1v) is 8.71. The Balaban J connectivity index is 1.91. The van der Waals surface area contributed by atoms with Crippen LogP contribution in [-0.4, -0.2) is 34.8 Å². The summed E-state index contributed by atoms with van der Waals surface area (Å²) in [6.45, 7) is 7.01. The molecule has 0 bridgehead atoms. The van der Waals surface area contributed by atoms with Gasteiger partial charge in [-0.05, 0) is 39.0 Å². The molecule has 3 rings (SSSR count). The van der Waals surface area contributed by atoms with Crippen molar-refractivity contribution in [3.05, 3.63) is 52.1 Å². The number of pyridine rings is 1. The summed E-state index contributed by atoms with van der Waals surface area (Å²) in [6, 6.07) is 5.25. The summed E-state index contributed by atoms with van der Waals surface area (Å²) in [5.41, 5.74) is 10.1. The standard InChI is InChI=1S/C19H24N4O4/c1-19(2,3)27-22-16-10-23(9-11(16)7-20)12-4-5-13-15(6-12)21-8-14(17(13)24)18(25)26/h4-6,8,10-11,22H,7,9,20H2,1-3H3,(H,21,24)(H,25,26). The van der Waals surface area contributed by atoms with Crippen molar-refractivity contribution in [3.63, 3.8) is 0 Å². The average molecular weight is 372 g/mol. The fourth-order valence-corrected chi connectivity index (χ4v) is 2.91. The third kappa shape index (κ3) is 3.96. The first-order chi connectivity index (χ1) is 12.7. The van der Waals surface area contributed by atoms with Crippen LogP contribution < -0.4 is 21.5 Å². The number of benzene rings is 1. The van der Waals surface area contributed by atoms with Crippen LogP contribution in [-0.2, 0) is 4.84 Å². The van der Waals surface area contributed by atoms with Crippen molar-refractivity contribution in [2.24, 2.45) is 11.7 Å². The van der Waals surface area contributed by atoms with E-state index in [1.54, 1.807) is 12.1 Å². The highest BCUT2D eigenvalue weighted by Gasteiger charge is 2.26. The molecule has 27 heavy (non-hydrogen) atoms. The summed E-state index contributed by atoms with van der Waals surface area (Å²) in [5, 5.41) is 9.42. The summed E-state index contributed by atoms with van der Waals surface area (Å²) in [6.07, 6.45) is 3.16. The molecule has 0 amide bonds. The van der Waals surface area contributed by atoms with Gasteiger partial charge in [-0.1, -0.05) is 0 Å². The van der Waals surface area contributed by atoms with Gasteiger partial charge in [0.25, 0.3) is 0 Å². The van der Waals surface area contributed by atoms with Crippen molar-refractivity contribution in [3.8, 4) is 0 Å². The van der Waals surface area contributed by atoms with Crippen LogP contribution in [0.25, 0.3) is 10.9 Å². The molecule has 5 N–H and O–H groups in total. The van der Waals surface area contributed by atoms with E-state index in [0.717, 1.165) is 11.4 Å². The zero-order valence-corrected chi connectivity index (χ0v) is 15.6. The van der Waals surface area contributed by atoms with E-state index in [1.165, 1.54) is 6.20 Å². The predicted molar refractivity (Wildman–Crippen MR) is 103 cm³/mol. The molecule has 2 aromatic rings. The number of aromatic carboxylic acids is 1. The fourth-order valence-electron chi connectivity index (χ4n) is 2.91. The van der Waals surface area contributed by atoms with E-state index in [1.807, 2.05) is 37.9 Å². The Labute approximate surface area is 156 Å². The number of nitrogens with two attached hydrogens (primary N) is 1. The highest BCUT2D eigenvalue weighted by Crippen LogP contribution is 2.27. The zero-order chi connectivity index (χ0) is 19.8. The van der Waals surface area contributed by atoms with E-state index in [9.17, 15) is 9.59 Å². The Morgan fingerprint density at radius 2 is 2.19 bits per heavy atom. The number of carboxylic acids is 1. The lowest BCUT2D eigenvalue weighted by atomic mass is 10.1. The summed E-state index contributed by atoms with van der Waals surface area (Å²) in [7, 11) is 0. The predicted octanol–water partition coefficient (Wildman–Crippen LogP) is 1.78. The largest absolute Gasteiger partial charge is 0.477 e. The molecule has 1 aliphatic rings. The third-order valence-corrected chi connectivity index (χ3v) is 4.34. The molecule has 144 valence electrons. The second-order valence-electron chi connectivity index (χ2n) is 7.55. The van der Waals surface area contributed by atoms with Crippen LogP contribution in [0, 0.1) is 5.92 Å². The molecule has 8 heteroatoms. The minimum absolute atomic E-state index is 0.0940. The van der Waals surface area contributed by atoms with Crippen molar-refractivity contribution in [2.75, 3.05) is 18.0 Å². The van der Waals surface area contributed by atoms with Crippen LogP contribution in [0.5, 0.6) is 0 Å². The Kier molecular flexibility index (Phi) is 4.95. The molecule has 0 aliphatic carbocycles. The first-order valence-electron chi connectivity index (χ1n) is 8.71. The number of hydroxylamine groups is 1. The van der Waals surface area contributed by atoms with E-state index in [2.05, 4.69) is 10.5 Å². The van der Waals surface area contributed by atoms with Gasteiger partial charge in [-0.2, -0.15) is 0 Å². The van der Waals surface area contributed by atoms with Crippen LogP contribution >= 0.6 is 0 Å². The molecule has 0 radical (unpaired) electrons. The summed E-state index contributed by atoms with van der Waals surface area (Å²) < 4.78 is 0. The van der Waals surface area contributed by atoms with Gasteiger partial charge in [-0.3, -0.25) is 15.1 Å². The zero-order valence-electron chi connectivity index (χ0n) is 15.6. The van der Waals surface area contributed by atoms with Gasteiger partial charge in [0.2, 0.25) is 5.43 Å². The molecule has 1 aromatic heterocycles. The second-order valence-corrected chi connectivity index (χ2v) is 7.55. The molecule has 0 spiro atoms. The molecule has 1 aromatic carbocycles. The number of rotatable bonds is 5. The number of carboxylic acid groups (broad SMARTS) is 1. The molecular weight excluding hydrogens is 348 g/mol. The van der Waals surface area contributed by atoms with Gasteiger partial charge in [0.05, 0.1) is 16.8 Å².